The van der Waals surface area contributed by atoms with Crippen LogP contribution in [0.15, 0.2) is 23.1 Å². The van der Waals surface area contributed by atoms with E-state index in [0.29, 0.717) is 19.4 Å². The maximum absolute atomic E-state index is 14.1. The predicted molar refractivity (Wildman–Crippen MR) is 89.0 cm³/mol. The molecule has 142 valence electrons. The first-order valence-electron chi connectivity index (χ1n) is 8.23. The van der Waals surface area contributed by atoms with E-state index >= 15 is 0 Å². The van der Waals surface area contributed by atoms with Crippen LogP contribution in [-0.2, 0) is 14.8 Å². The number of nitrogens with two attached hydrogens (primary N) is 1. The van der Waals surface area contributed by atoms with Crippen LogP contribution in [0.2, 0.25) is 0 Å². The molecular formula is C16H20FN3O5S. The molecule has 26 heavy (non-hydrogen) atoms. The Morgan fingerprint density at radius 2 is 2.15 bits per heavy atom. The number of rotatable bonds is 2. The number of carbonyl (C=O) groups excluding carboxylic acids is 2. The van der Waals surface area contributed by atoms with E-state index in [4.69, 9.17) is 5.14 Å². The lowest BCUT2D eigenvalue weighted by molar-refractivity contribution is -0.147. The summed E-state index contributed by atoms with van der Waals surface area (Å²) in [5.41, 5.74) is -1.56. The van der Waals surface area contributed by atoms with E-state index in [1.54, 1.807) is 0 Å². The molecule has 0 bridgehead atoms. The summed E-state index contributed by atoms with van der Waals surface area (Å²) in [6, 6.07) is 2.75. The quantitative estimate of drug-likeness (QED) is 0.636. The van der Waals surface area contributed by atoms with Crippen molar-refractivity contribution in [2.75, 3.05) is 19.6 Å². The first-order valence-corrected chi connectivity index (χ1v) is 9.78. The SMILES string of the molecule is NS(=O)(=O)c1ccc(F)c(C(=O)N2CC[C@@H](O)[C@@]3(CCCNC3=O)C2)c1. The molecular weight excluding hydrogens is 365 g/mol. The molecule has 2 aliphatic rings. The number of aliphatic hydroxyl groups excluding tert-OH is 1. The zero-order valence-electron chi connectivity index (χ0n) is 13.9. The largest absolute Gasteiger partial charge is 0.392 e. The highest BCUT2D eigenvalue weighted by molar-refractivity contribution is 7.89. The second kappa shape index (κ2) is 6.60. The number of nitrogens with zero attached hydrogens (tertiary/aromatic N) is 1. The molecule has 1 spiro atoms. The van der Waals surface area contributed by atoms with E-state index < -0.39 is 38.8 Å². The molecule has 2 atom stereocenters. The second-order valence-corrected chi connectivity index (χ2v) is 8.29. The Morgan fingerprint density at radius 3 is 2.81 bits per heavy atom. The number of piperidine rings is 2. The van der Waals surface area contributed by atoms with Gasteiger partial charge in [0.25, 0.3) is 5.91 Å². The topological polar surface area (TPSA) is 130 Å². The summed E-state index contributed by atoms with van der Waals surface area (Å²) in [4.78, 5) is 26.0. The number of amides is 2. The lowest BCUT2D eigenvalue weighted by Crippen LogP contribution is -2.62. The maximum Gasteiger partial charge on any atom is 0.256 e. The molecule has 0 aromatic heterocycles. The Bertz CT molecular complexity index is 859. The van der Waals surface area contributed by atoms with Gasteiger partial charge in [-0.15, -0.1) is 0 Å². The van der Waals surface area contributed by atoms with Crippen molar-refractivity contribution in [1.29, 1.82) is 0 Å². The molecule has 8 nitrogen and oxygen atoms in total. The smallest absolute Gasteiger partial charge is 0.256 e. The Hall–Kier alpha value is -2.04. The standard InChI is InChI=1S/C16H20FN3O5S/c17-12-3-2-10(26(18,24)25)8-11(12)14(22)20-7-4-13(21)16(9-20)5-1-6-19-15(16)23/h2-3,8,13,21H,1,4-7,9H2,(H,19,23)(H2,18,24,25)/t13-,16-/m1/s1. The van der Waals surface area contributed by atoms with Gasteiger partial charge in [-0.1, -0.05) is 0 Å². The van der Waals surface area contributed by atoms with Crippen LogP contribution >= 0.6 is 0 Å². The van der Waals surface area contributed by atoms with Crippen molar-refractivity contribution in [3.8, 4) is 0 Å². The fourth-order valence-corrected chi connectivity index (χ4v) is 4.17. The Morgan fingerprint density at radius 1 is 1.42 bits per heavy atom. The molecule has 4 N–H and O–H groups in total. The highest BCUT2D eigenvalue weighted by Gasteiger charge is 2.50. The van der Waals surface area contributed by atoms with Crippen LogP contribution in [-0.4, -0.2) is 56.0 Å². The van der Waals surface area contributed by atoms with E-state index in [-0.39, 0.29) is 30.3 Å². The van der Waals surface area contributed by atoms with Crippen molar-refractivity contribution in [3.05, 3.63) is 29.6 Å². The van der Waals surface area contributed by atoms with Crippen LogP contribution in [0.5, 0.6) is 0 Å². The van der Waals surface area contributed by atoms with Crippen LogP contribution in [0.4, 0.5) is 4.39 Å². The Kier molecular flexibility index (Phi) is 4.76. The van der Waals surface area contributed by atoms with Crippen molar-refractivity contribution in [3.63, 3.8) is 0 Å². The third-order valence-corrected chi connectivity index (χ3v) is 6.02. The van der Waals surface area contributed by atoms with Crippen molar-refractivity contribution < 1.29 is 27.5 Å². The van der Waals surface area contributed by atoms with E-state index in [1.807, 2.05) is 0 Å². The number of carbonyl (C=O) groups is 2. The summed E-state index contributed by atoms with van der Waals surface area (Å²) in [5, 5.41) is 18.1. The van der Waals surface area contributed by atoms with Gasteiger partial charge in [-0.25, -0.2) is 17.9 Å². The van der Waals surface area contributed by atoms with Crippen LogP contribution < -0.4 is 10.5 Å². The van der Waals surface area contributed by atoms with Crippen molar-refractivity contribution >= 4 is 21.8 Å². The molecule has 0 aliphatic carbocycles. The van der Waals surface area contributed by atoms with Gasteiger partial charge in [-0.05, 0) is 37.5 Å². The molecule has 0 unspecified atom stereocenters. The number of hydrogen-bond acceptors (Lipinski definition) is 5. The highest BCUT2D eigenvalue weighted by atomic mass is 32.2. The fourth-order valence-electron chi connectivity index (χ4n) is 3.63. The Balaban J connectivity index is 1.92. The molecule has 0 saturated carbocycles. The number of hydrogen-bond donors (Lipinski definition) is 3. The van der Waals surface area contributed by atoms with Gasteiger partial charge in [0.15, 0.2) is 0 Å². The molecule has 1 aromatic carbocycles. The molecule has 1 aromatic rings. The molecule has 2 fully saturated rings. The first kappa shape index (κ1) is 18.7. The zero-order chi connectivity index (χ0) is 19.1. The van der Waals surface area contributed by atoms with Crippen LogP contribution in [0.25, 0.3) is 0 Å². The number of sulfonamides is 1. The number of benzene rings is 1. The summed E-state index contributed by atoms with van der Waals surface area (Å²) in [5.74, 6) is -1.94. The lowest BCUT2D eigenvalue weighted by atomic mass is 9.71. The summed E-state index contributed by atoms with van der Waals surface area (Å²) in [6.45, 7) is 0.582. The molecule has 3 rings (SSSR count). The minimum absolute atomic E-state index is 0.0577. The number of likely N-dealkylation sites (tertiary alicyclic amines) is 1. The average molecular weight is 385 g/mol. The molecule has 0 radical (unpaired) electrons. The van der Waals surface area contributed by atoms with Crippen LogP contribution in [0, 0.1) is 11.2 Å². The zero-order valence-corrected chi connectivity index (χ0v) is 14.8. The van der Waals surface area contributed by atoms with E-state index in [0.717, 1.165) is 18.2 Å². The van der Waals surface area contributed by atoms with E-state index in [2.05, 4.69) is 5.32 Å². The van der Waals surface area contributed by atoms with Gasteiger partial charge in [0.1, 0.15) is 5.82 Å². The summed E-state index contributed by atoms with van der Waals surface area (Å²) in [6.07, 6.45) is 0.367. The van der Waals surface area contributed by atoms with Gasteiger partial charge in [-0.3, -0.25) is 9.59 Å². The van der Waals surface area contributed by atoms with Gasteiger partial charge in [0.2, 0.25) is 15.9 Å². The van der Waals surface area contributed by atoms with Crippen molar-refractivity contribution in [2.45, 2.75) is 30.3 Å². The van der Waals surface area contributed by atoms with Gasteiger partial charge in [0.05, 0.1) is 22.0 Å². The minimum Gasteiger partial charge on any atom is -0.392 e. The number of halogens is 1. The molecule has 2 heterocycles. The van der Waals surface area contributed by atoms with E-state index in [1.165, 1.54) is 4.90 Å². The summed E-state index contributed by atoms with van der Waals surface area (Å²) in [7, 11) is -4.09. The number of aliphatic hydroxyl groups is 1. The first-order chi connectivity index (χ1) is 12.1. The fraction of sp³-hybridized carbons (Fsp3) is 0.500. The van der Waals surface area contributed by atoms with Crippen molar-refractivity contribution in [1.82, 2.24) is 10.2 Å². The third kappa shape index (κ3) is 3.19. The predicted octanol–water partition coefficient (Wildman–Crippen LogP) is -0.424. The second-order valence-electron chi connectivity index (χ2n) is 6.73. The number of primary sulfonamides is 1. The van der Waals surface area contributed by atoms with Crippen molar-refractivity contribution in [2.24, 2.45) is 10.6 Å². The van der Waals surface area contributed by atoms with Gasteiger partial charge in [0, 0.05) is 19.6 Å². The van der Waals surface area contributed by atoms with Crippen LogP contribution in [0.3, 0.4) is 0 Å². The summed E-state index contributed by atoms with van der Waals surface area (Å²) < 4.78 is 37.1. The highest BCUT2D eigenvalue weighted by Crippen LogP contribution is 2.37. The molecule has 10 heteroatoms. The number of nitrogens with one attached hydrogen (secondary N) is 1. The lowest BCUT2D eigenvalue weighted by Gasteiger charge is -2.46. The van der Waals surface area contributed by atoms with Gasteiger partial charge in [-0.2, -0.15) is 0 Å². The van der Waals surface area contributed by atoms with Gasteiger partial charge >= 0.3 is 0 Å². The Labute approximate surface area is 150 Å². The molecule has 2 amide bonds. The third-order valence-electron chi connectivity index (χ3n) is 5.10. The molecule has 2 aliphatic heterocycles. The molecule has 2 saturated heterocycles. The average Bonchev–Trinajstić information content (AvgIpc) is 2.58. The minimum atomic E-state index is -4.09. The summed E-state index contributed by atoms with van der Waals surface area (Å²) >= 11 is 0. The van der Waals surface area contributed by atoms with E-state index in [9.17, 15) is 27.5 Å². The van der Waals surface area contributed by atoms with Crippen LogP contribution in [0.1, 0.15) is 29.6 Å². The van der Waals surface area contributed by atoms with Gasteiger partial charge < -0.3 is 15.3 Å². The monoisotopic (exact) mass is 385 g/mol. The normalized spacial score (nSPS) is 26.7. The maximum atomic E-state index is 14.1.